The molecule has 2 heterocycles. The quantitative estimate of drug-likeness (QED) is 0.642. The fourth-order valence-corrected chi connectivity index (χ4v) is 4.41. The molecule has 0 aliphatic carbocycles. The highest BCUT2D eigenvalue weighted by atomic mass is 16.6. The van der Waals surface area contributed by atoms with Crippen LogP contribution in [0, 0.1) is 11.3 Å². The monoisotopic (exact) mass is 444 g/mol. The first-order chi connectivity index (χ1) is 14.8. The van der Waals surface area contributed by atoms with Gasteiger partial charge in [0.1, 0.15) is 12.2 Å². The SMILES string of the molecule is CC(C)(C)OC(=O)N1C[C@@H]2C[C@H]1CN2C(=O)[C@@H](CC(=O)OCc1ccccc1)C(C)(C)C. The summed E-state index contributed by atoms with van der Waals surface area (Å²) in [4.78, 5) is 42.1. The third kappa shape index (κ3) is 5.81. The molecule has 2 amide bonds. The van der Waals surface area contributed by atoms with Gasteiger partial charge in [-0.3, -0.25) is 9.59 Å². The molecule has 7 nitrogen and oxygen atoms in total. The summed E-state index contributed by atoms with van der Waals surface area (Å²) in [5.41, 5.74) is -0.0277. The van der Waals surface area contributed by atoms with Gasteiger partial charge in [0, 0.05) is 13.1 Å². The molecule has 2 fully saturated rings. The lowest BCUT2D eigenvalue weighted by molar-refractivity contribution is -0.153. The Bertz CT molecular complexity index is 840. The van der Waals surface area contributed by atoms with Gasteiger partial charge in [-0.2, -0.15) is 0 Å². The zero-order valence-corrected chi connectivity index (χ0v) is 20.1. The normalized spacial score (nSPS) is 21.4. The van der Waals surface area contributed by atoms with Crippen molar-refractivity contribution in [2.45, 2.75) is 78.7 Å². The Morgan fingerprint density at radius 1 is 0.969 bits per heavy atom. The van der Waals surface area contributed by atoms with Crippen LogP contribution in [0.2, 0.25) is 0 Å². The second-order valence-corrected chi connectivity index (χ2v) is 10.9. The average molecular weight is 445 g/mol. The van der Waals surface area contributed by atoms with E-state index in [1.807, 2.05) is 76.8 Å². The van der Waals surface area contributed by atoms with Crippen LogP contribution in [0.25, 0.3) is 0 Å². The summed E-state index contributed by atoms with van der Waals surface area (Å²) < 4.78 is 11.0. The van der Waals surface area contributed by atoms with Crippen molar-refractivity contribution in [1.82, 2.24) is 9.80 Å². The molecule has 0 aromatic heterocycles. The van der Waals surface area contributed by atoms with E-state index in [1.165, 1.54) is 0 Å². The van der Waals surface area contributed by atoms with Gasteiger partial charge in [-0.05, 0) is 38.2 Å². The van der Waals surface area contributed by atoms with Gasteiger partial charge in [0.25, 0.3) is 0 Å². The molecule has 0 N–H and O–H groups in total. The lowest BCUT2D eigenvalue weighted by Gasteiger charge is -2.39. The first-order valence-electron chi connectivity index (χ1n) is 11.3. The highest BCUT2D eigenvalue weighted by Gasteiger charge is 2.50. The Hall–Kier alpha value is -2.57. The third-order valence-corrected chi connectivity index (χ3v) is 6.11. The Kier molecular flexibility index (Phi) is 6.86. The van der Waals surface area contributed by atoms with Gasteiger partial charge in [-0.1, -0.05) is 51.1 Å². The van der Waals surface area contributed by atoms with E-state index in [2.05, 4.69) is 0 Å². The van der Waals surface area contributed by atoms with Crippen LogP contribution in [0.5, 0.6) is 0 Å². The van der Waals surface area contributed by atoms with Crippen LogP contribution in [-0.2, 0) is 25.7 Å². The number of carbonyl (C=O) groups excluding carboxylic acids is 3. The van der Waals surface area contributed by atoms with Crippen molar-refractivity contribution < 1.29 is 23.9 Å². The third-order valence-electron chi connectivity index (χ3n) is 6.11. The number of fused-ring (bicyclic) bond motifs is 2. The summed E-state index contributed by atoms with van der Waals surface area (Å²) in [5, 5.41) is 0. The molecule has 2 saturated heterocycles. The summed E-state index contributed by atoms with van der Waals surface area (Å²) in [6.07, 6.45) is 0.466. The molecule has 0 saturated carbocycles. The van der Waals surface area contributed by atoms with Crippen LogP contribution < -0.4 is 0 Å². The van der Waals surface area contributed by atoms with E-state index in [4.69, 9.17) is 9.47 Å². The largest absolute Gasteiger partial charge is 0.461 e. The Labute approximate surface area is 191 Å². The van der Waals surface area contributed by atoms with Gasteiger partial charge in [0.05, 0.1) is 24.4 Å². The van der Waals surface area contributed by atoms with Gasteiger partial charge in [-0.25, -0.2) is 4.79 Å². The summed E-state index contributed by atoms with van der Waals surface area (Å²) >= 11 is 0. The van der Waals surface area contributed by atoms with Crippen molar-refractivity contribution in [3.63, 3.8) is 0 Å². The summed E-state index contributed by atoms with van der Waals surface area (Å²) in [5.74, 6) is -0.896. The molecule has 3 rings (SSSR count). The molecule has 32 heavy (non-hydrogen) atoms. The number of nitrogens with zero attached hydrogens (tertiary/aromatic N) is 2. The number of ether oxygens (including phenoxy) is 2. The standard InChI is InChI=1S/C25H36N2O5/c1-24(2,3)20(13-21(28)31-16-17-10-8-7-9-11-17)22(29)26-14-19-12-18(26)15-27(19)23(30)32-25(4,5)6/h7-11,18-20H,12-16H2,1-6H3/t18-,19-,20+/m0/s1. The Morgan fingerprint density at radius 3 is 2.09 bits per heavy atom. The molecule has 3 atom stereocenters. The number of carbonyl (C=O) groups is 3. The number of piperazine rings is 1. The second-order valence-electron chi connectivity index (χ2n) is 10.9. The molecule has 2 aliphatic rings. The maximum Gasteiger partial charge on any atom is 0.410 e. The zero-order chi connectivity index (χ0) is 23.7. The molecule has 0 spiro atoms. The molecule has 176 valence electrons. The second kappa shape index (κ2) is 9.12. The van der Waals surface area contributed by atoms with Crippen molar-refractivity contribution in [3.05, 3.63) is 35.9 Å². The van der Waals surface area contributed by atoms with E-state index in [-0.39, 0.29) is 43.1 Å². The molecule has 1 aromatic rings. The predicted molar refractivity (Wildman–Crippen MR) is 121 cm³/mol. The minimum Gasteiger partial charge on any atom is -0.461 e. The van der Waals surface area contributed by atoms with Crippen molar-refractivity contribution in [2.75, 3.05) is 13.1 Å². The van der Waals surface area contributed by atoms with E-state index in [1.54, 1.807) is 4.90 Å². The van der Waals surface area contributed by atoms with Crippen molar-refractivity contribution in [3.8, 4) is 0 Å². The van der Waals surface area contributed by atoms with Crippen LogP contribution in [-0.4, -0.2) is 58.5 Å². The molecule has 2 aliphatic heterocycles. The molecule has 0 radical (unpaired) electrons. The number of esters is 1. The van der Waals surface area contributed by atoms with Crippen LogP contribution in [0.1, 0.15) is 59.9 Å². The van der Waals surface area contributed by atoms with E-state index in [9.17, 15) is 14.4 Å². The highest BCUT2D eigenvalue weighted by molar-refractivity contribution is 5.85. The average Bonchev–Trinajstić information content (AvgIpc) is 3.30. The zero-order valence-electron chi connectivity index (χ0n) is 20.1. The Morgan fingerprint density at radius 2 is 1.56 bits per heavy atom. The van der Waals surface area contributed by atoms with Crippen LogP contribution in [0.15, 0.2) is 30.3 Å². The minimum absolute atomic E-state index is 0.0366. The molecule has 0 unspecified atom stereocenters. The molecular formula is C25H36N2O5. The maximum absolute atomic E-state index is 13.5. The Balaban J connectivity index is 1.60. The van der Waals surface area contributed by atoms with Gasteiger partial charge < -0.3 is 19.3 Å². The topological polar surface area (TPSA) is 76.2 Å². The predicted octanol–water partition coefficient (Wildman–Crippen LogP) is 4.00. The lowest BCUT2D eigenvalue weighted by atomic mass is 9.77. The first-order valence-corrected chi connectivity index (χ1v) is 11.3. The van der Waals surface area contributed by atoms with Gasteiger partial charge in [0.15, 0.2) is 0 Å². The number of amides is 2. The van der Waals surface area contributed by atoms with Gasteiger partial charge in [-0.15, -0.1) is 0 Å². The minimum atomic E-state index is -0.550. The highest BCUT2D eigenvalue weighted by Crippen LogP contribution is 2.37. The number of benzene rings is 1. The van der Waals surface area contributed by atoms with Gasteiger partial charge in [0.2, 0.25) is 5.91 Å². The number of rotatable bonds is 5. The first kappa shape index (κ1) is 24.1. The fourth-order valence-electron chi connectivity index (χ4n) is 4.41. The fraction of sp³-hybridized carbons (Fsp3) is 0.640. The van der Waals surface area contributed by atoms with Crippen molar-refractivity contribution in [1.29, 1.82) is 0 Å². The lowest BCUT2D eigenvalue weighted by Crippen LogP contribution is -2.54. The molecule has 7 heteroatoms. The summed E-state index contributed by atoms with van der Waals surface area (Å²) in [6.45, 7) is 12.6. The molecular weight excluding hydrogens is 408 g/mol. The maximum atomic E-state index is 13.5. The molecule has 2 bridgehead atoms. The number of hydrogen-bond donors (Lipinski definition) is 0. The van der Waals surface area contributed by atoms with E-state index >= 15 is 0 Å². The van der Waals surface area contributed by atoms with E-state index in [0.29, 0.717) is 13.1 Å². The van der Waals surface area contributed by atoms with Crippen molar-refractivity contribution >= 4 is 18.0 Å². The summed E-state index contributed by atoms with van der Waals surface area (Å²) in [6, 6.07) is 9.43. The van der Waals surface area contributed by atoms with Gasteiger partial charge >= 0.3 is 12.1 Å². The number of hydrogen-bond acceptors (Lipinski definition) is 5. The number of likely N-dealkylation sites (tertiary alicyclic amines) is 2. The van der Waals surface area contributed by atoms with Crippen LogP contribution in [0.3, 0.4) is 0 Å². The van der Waals surface area contributed by atoms with E-state index < -0.39 is 16.9 Å². The van der Waals surface area contributed by atoms with E-state index in [0.717, 1.165) is 12.0 Å². The van der Waals surface area contributed by atoms with Crippen LogP contribution >= 0.6 is 0 Å². The van der Waals surface area contributed by atoms with Crippen molar-refractivity contribution in [2.24, 2.45) is 11.3 Å². The smallest absolute Gasteiger partial charge is 0.410 e. The summed E-state index contributed by atoms with van der Waals surface area (Å²) in [7, 11) is 0. The molecule has 1 aromatic carbocycles. The van der Waals surface area contributed by atoms with Crippen LogP contribution in [0.4, 0.5) is 4.79 Å².